The molecule has 1 saturated carbocycles. The van der Waals surface area contributed by atoms with Crippen molar-refractivity contribution in [1.82, 2.24) is 5.32 Å². The van der Waals surface area contributed by atoms with Gasteiger partial charge in [0.2, 0.25) is 0 Å². The van der Waals surface area contributed by atoms with E-state index in [0.717, 1.165) is 12.5 Å². The minimum atomic E-state index is -0.0816. The first kappa shape index (κ1) is 11.4. The molecule has 0 radical (unpaired) electrons. The van der Waals surface area contributed by atoms with Gasteiger partial charge < -0.3 is 10.4 Å². The Morgan fingerprint density at radius 2 is 2.13 bits per heavy atom. The SMILES string of the molecule is CCC1CCCC(C(O)C2CCCN2)C1. The van der Waals surface area contributed by atoms with E-state index >= 15 is 0 Å². The number of hydrogen-bond donors (Lipinski definition) is 2. The second kappa shape index (κ2) is 5.31. The number of hydrogen-bond acceptors (Lipinski definition) is 2. The fourth-order valence-electron chi connectivity index (χ4n) is 3.35. The molecule has 15 heavy (non-hydrogen) atoms. The maximum absolute atomic E-state index is 10.3. The Balaban J connectivity index is 1.85. The third kappa shape index (κ3) is 2.73. The van der Waals surface area contributed by atoms with Gasteiger partial charge in [-0.2, -0.15) is 0 Å². The zero-order valence-electron chi connectivity index (χ0n) is 9.91. The summed E-state index contributed by atoms with van der Waals surface area (Å²) in [5, 5.41) is 13.8. The van der Waals surface area contributed by atoms with Gasteiger partial charge in [0.1, 0.15) is 0 Å². The van der Waals surface area contributed by atoms with Crippen LogP contribution in [0.5, 0.6) is 0 Å². The van der Waals surface area contributed by atoms with Crippen molar-refractivity contribution in [3.05, 3.63) is 0 Å². The molecule has 1 aliphatic carbocycles. The van der Waals surface area contributed by atoms with Gasteiger partial charge in [0, 0.05) is 6.04 Å². The number of aliphatic hydroxyl groups excluding tert-OH is 1. The van der Waals surface area contributed by atoms with Crippen molar-refractivity contribution in [3.8, 4) is 0 Å². The van der Waals surface area contributed by atoms with Gasteiger partial charge in [-0.05, 0) is 44.1 Å². The summed E-state index contributed by atoms with van der Waals surface area (Å²) < 4.78 is 0. The van der Waals surface area contributed by atoms with Crippen molar-refractivity contribution >= 4 is 0 Å². The predicted molar refractivity (Wildman–Crippen MR) is 62.8 cm³/mol. The van der Waals surface area contributed by atoms with E-state index in [4.69, 9.17) is 0 Å². The molecule has 0 bridgehead atoms. The lowest BCUT2D eigenvalue weighted by Crippen LogP contribution is -2.41. The van der Waals surface area contributed by atoms with Gasteiger partial charge >= 0.3 is 0 Å². The summed E-state index contributed by atoms with van der Waals surface area (Å²) in [7, 11) is 0. The molecule has 2 rings (SSSR count). The van der Waals surface area contributed by atoms with E-state index in [0.29, 0.717) is 12.0 Å². The fourth-order valence-corrected chi connectivity index (χ4v) is 3.35. The monoisotopic (exact) mass is 211 g/mol. The van der Waals surface area contributed by atoms with Crippen LogP contribution in [0, 0.1) is 11.8 Å². The molecule has 4 atom stereocenters. The highest BCUT2D eigenvalue weighted by atomic mass is 16.3. The molecule has 1 saturated heterocycles. The maximum Gasteiger partial charge on any atom is 0.0721 e. The Morgan fingerprint density at radius 3 is 2.80 bits per heavy atom. The third-order valence-electron chi connectivity index (χ3n) is 4.39. The lowest BCUT2D eigenvalue weighted by molar-refractivity contribution is 0.0427. The number of rotatable bonds is 3. The van der Waals surface area contributed by atoms with Crippen molar-refractivity contribution in [1.29, 1.82) is 0 Å². The van der Waals surface area contributed by atoms with Crippen LogP contribution in [0.1, 0.15) is 51.9 Å². The fraction of sp³-hybridized carbons (Fsp3) is 1.00. The lowest BCUT2D eigenvalue weighted by atomic mass is 9.76. The van der Waals surface area contributed by atoms with Crippen LogP contribution in [0.25, 0.3) is 0 Å². The second-order valence-electron chi connectivity index (χ2n) is 5.39. The van der Waals surface area contributed by atoms with E-state index < -0.39 is 0 Å². The van der Waals surface area contributed by atoms with Gasteiger partial charge in [-0.25, -0.2) is 0 Å². The van der Waals surface area contributed by atoms with E-state index in [1.54, 1.807) is 0 Å². The minimum absolute atomic E-state index is 0.0816. The van der Waals surface area contributed by atoms with Gasteiger partial charge in [0.25, 0.3) is 0 Å². The van der Waals surface area contributed by atoms with E-state index in [9.17, 15) is 5.11 Å². The molecular formula is C13H25NO. The number of nitrogens with one attached hydrogen (secondary N) is 1. The molecule has 2 fully saturated rings. The zero-order chi connectivity index (χ0) is 10.7. The van der Waals surface area contributed by atoms with Crippen LogP contribution in [0.3, 0.4) is 0 Å². The summed E-state index contributed by atoms with van der Waals surface area (Å²) >= 11 is 0. The quantitative estimate of drug-likeness (QED) is 0.751. The molecule has 0 spiro atoms. The van der Waals surface area contributed by atoms with E-state index in [1.807, 2.05) is 0 Å². The first-order valence-electron chi connectivity index (χ1n) is 6.72. The molecule has 0 aromatic rings. The molecule has 4 unspecified atom stereocenters. The van der Waals surface area contributed by atoms with E-state index in [2.05, 4.69) is 12.2 Å². The van der Waals surface area contributed by atoms with Crippen LogP contribution in [-0.2, 0) is 0 Å². The average molecular weight is 211 g/mol. The molecule has 1 heterocycles. The summed E-state index contributed by atoms with van der Waals surface area (Å²) in [6.45, 7) is 3.39. The van der Waals surface area contributed by atoms with Crippen LogP contribution in [0.2, 0.25) is 0 Å². The summed E-state index contributed by atoms with van der Waals surface area (Å²) in [6, 6.07) is 0.394. The first-order valence-corrected chi connectivity index (χ1v) is 6.72. The Hall–Kier alpha value is -0.0800. The topological polar surface area (TPSA) is 32.3 Å². The van der Waals surface area contributed by atoms with E-state index in [1.165, 1.54) is 44.9 Å². The Labute approximate surface area is 93.5 Å². The molecule has 0 aromatic carbocycles. The summed E-state index contributed by atoms with van der Waals surface area (Å²) in [5.41, 5.74) is 0. The zero-order valence-corrected chi connectivity index (χ0v) is 9.91. The van der Waals surface area contributed by atoms with Crippen molar-refractivity contribution in [2.75, 3.05) is 6.54 Å². The average Bonchev–Trinajstić information content (AvgIpc) is 2.81. The molecule has 2 heteroatoms. The van der Waals surface area contributed by atoms with Crippen LogP contribution in [0.4, 0.5) is 0 Å². The van der Waals surface area contributed by atoms with Crippen molar-refractivity contribution < 1.29 is 5.11 Å². The second-order valence-corrected chi connectivity index (χ2v) is 5.39. The molecule has 1 aliphatic heterocycles. The highest BCUT2D eigenvalue weighted by molar-refractivity contribution is 4.88. The first-order chi connectivity index (χ1) is 7.31. The standard InChI is InChI=1S/C13H25NO/c1-2-10-5-3-6-11(9-10)13(15)12-7-4-8-14-12/h10-15H,2-9H2,1H3. The van der Waals surface area contributed by atoms with Crippen LogP contribution < -0.4 is 5.32 Å². The van der Waals surface area contributed by atoms with Gasteiger partial charge in [-0.1, -0.05) is 26.2 Å². The van der Waals surface area contributed by atoms with Crippen molar-refractivity contribution in [2.45, 2.75) is 64.0 Å². The van der Waals surface area contributed by atoms with Crippen LogP contribution >= 0.6 is 0 Å². The molecular weight excluding hydrogens is 186 g/mol. The maximum atomic E-state index is 10.3. The Kier molecular flexibility index (Phi) is 4.04. The summed E-state index contributed by atoms with van der Waals surface area (Å²) in [5.74, 6) is 1.44. The molecule has 0 aromatic heterocycles. The van der Waals surface area contributed by atoms with Crippen LogP contribution in [0.15, 0.2) is 0 Å². The highest BCUT2D eigenvalue weighted by Gasteiger charge is 2.32. The minimum Gasteiger partial charge on any atom is -0.391 e. The normalized spacial score (nSPS) is 39.2. The molecule has 2 nitrogen and oxygen atoms in total. The van der Waals surface area contributed by atoms with Crippen molar-refractivity contribution in [3.63, 3.8) is 0 Å². The van der Waals surface area contributed by atoms with Crippen molar-refractivity contribution in [2.24, 2.45) is 11.8 Å². The molecule has 0 amide bonds. The smallest absolute Gasteiger partial charge is 0.0721 e. The molecule has 2 aliphatic rings. The largest absolute Gasteiger partial charge is 0.391 e. The molecule has 88 valence electrons. The number of aliphatic hydroxyl groups is 1. The van der Waals surface area contributed by atoms with Gasteiger partial charge in [0.15, 0.2) is 0 Å². The highest BCUT2D eigenvalue weighted by Crippen LogP contribution is 2.34. The lowest BCUT2D eigenvalue weighted by Gasteiger charge is -2.34. The van der Waals surface area contributed by atoms with Crippen LogP contribution in [-0.4, -0.2) is 23.8 Å². The van der Waals surface area contributed by atoms with E-state index in [-0.39, 0.29) is 6.10 Å². The van der Waals surface area contributed by atoms with Gasteiger partial charge in [-0.15, -0.1) is 0 Å². The summed E-state index contributed by atoms with van der Waals surface area (Å²) in [4.78, 5) is 0. The van der Waals surface area contributed by atoms with Gasteiger partial charge in [0.05, 0.1) is 6.10 Å². The third-order valence-corrected chi connectivity index (χ3v) is 4.39. The molecule has 2 N–H and O–H groups in total. The van der Waals surface area contributed by atoms with Gasteiger partial charge in [-0.3, -0.25) is 0 Å². The summed E-state index contributed by atoms with van der Waals surface area (Å²) in [6.07, 6.45) is 8.85. The Morgan fingerprint density at radius 1 is 1.27 bits per heavy atom. The Bertz CT molecular complexity index is 189. The predicted octanol–water partition coefficient (Wildman–Crippen LogP) is 2.32.